The fourth-order valence-corrected chi connectivity index (χ4v) is 4.88. The first-order valence-electron chi connectivity index (χ1n) is 7.78. The number of aromatic nitrogens is 2. The molecule has 25 heavy (non-hydrogen) atoms. The number of thiophene rings is 1. The van der Waals surface area contributed by atoms with Gasteiger partial charge < -0.3 is 10.1 Å². The minimum absolute atomic E-state index is 0.0417. The number of nitrogens with zero attached hydrogens (tertiary/aromatic N) is 2. The number of aromatic amines is 1. The van der Waals surface area contributed by atoms with Crippen LogP contribution in [0.5, 0.6) is 0 Å². The molecule has 4 rings (SSSR count). The van der Waals surface area contributed by atoms with Crippen molar-refractivity contribution in [2.24, 2.45) is 0 Å². The third-order valence-electron chi connectivity index (χ3n) is 4.52. The van der Waals surface area contributed by atoms with Gasteiger partial charge >= 0.3 is 6.09 Å². The van der Waals surface area contributed by atoms with Crippen LogP contribution in [0.2, 0.25) is 0 Å². The van der Waals surface area contributed by atoms with Crippen LogP contribution in [0.25, 0.3) is 10.2 Å². The second kappa shape index (κ2) is 6.27. The zero-order valence-corrected chi connectivity index (χ0v) is 15.4. The van der Waals surface area contributed by atoms with Crippen molar-refractivity contribution < 1.29 is 9.90 Å². The van der Waals surface area contributed by atoms with E-state index in [1.807, 2.05) is 30.3 Å². The average Bonchev–Trinajstić information content (AvgIpc) is 3.19. The van der Waals surface area contributed by atoms with Crippen molar-refractivity contribution >= 4 is 43.6 Å². The lowest BCUT2D eigenvalue weighted by molar-refractivity contribution is 0.136. The molecule has 1 unspecified atom stereocenters. The van der Waals surface area contributed by atoms with Gasteiger partial charge in [-0.25, -0.2) is 9.78 Å². The second-order valence-corrected chi connectivity index (χ2v) is 8.37. The van der Waals surface area contributed by atoms with Gasteiger partial charge in [-0.15, -0.1) is 11.3 Å². The fourth-order valence-electron chi connectivity index (χ4n) is 3.46. The van der Waals surface area contributed by atoms with E-state index in [1.165, 1.54) is 16.2 Å². The van der Waals surface area contributed by atoms with Gasteiger partial charge in [-0.05, 0) is 34.0 Å². The van der Waals surface area contributed by atoms with Gasteiger partial charge in [0, 0.05) is 12.5 Å². The normalized spacial score (nSPS) is 20.3. The number of hydrogen-bond acceptors (Lipinski definition) is 4. The summed E-state index contributed by atoms with van der Waals surface area (Å²) in [5, 5.41) is 9.60. The molecule has 0 radical (unpaired) electrons. The van der Waals surface area contributed by atoms with Crippen LogP contribution in [0.3, 0.4) is 0 Å². The summed E-state index contributed by atoms with van der Waals surface area (Å²) in [6.45, 7) is 0.411. The minimum Gasteiger partial charge on any atom is -0.465 e. The lowest BCUT2D eigenvalue weighted by Crippen LogP contribution is -2.32. The SMILES string of the molecule is O=C(O)N1CC[C@H](c2ccccc2)C1c1nc2cc(Br)sc2c(=O)[nH]1. The predicted molar refractivity (Wildman–Crippen MR) is 99.2 cm³/mol. The van der Waals surface area contributed by atoms with Crippen molar-refractivity contribution in [1.29, 1.82) is 0 Å². The molecule has 6 nitrogen and oxygen atoms in total. The lowest BCUT2D eigenvalue weighted by atomic mass is 9.91. The van der Waals surface area contributed by atoms with E-state index in [2.05, 4.69) is 25.9 Å². The predicted octanol–water partition coefficient (Wildman–Crippen LogP) is 3.96. The van der Waals surface area contributed by atoms with Crippen molar-refractivity contribution in [3.63, 3.8) is 0 Å². The van der Waals surface area contributed by atoms with Crippen LogP contribution >= 0.6 is 27.3 Å². The first kappa shape index (κ1) is 16.3. The first-order chi connectivity index (χ1) is 12.0. The van der Waals surface area contributed by atoms with Crippen LogP contribution in [0.4, 0.5) is 4.79 Å². The maximum absolute atomic E-state index is 12.4. The molecule has 1 aromatic carbocycles. The summed E-state index contributed by atoms with van der Waals surface area (Å²) >= 11 is 4.69. The van der Waals surface area contributed by atoms with Gasteiger partial charge in [-0.1, -0.05) is 30.3 Å². The number of nitrogens with one attached hydrogen (secondary N) is 1. The molecule has 2 atom stereocenters. The Balaban J connectivity index is 1.86. The standard InChI is InChI=1S/C17H14BrN3O3S/c18-12-8-11-14(25-12)16(22)20-15(19-11)13-10(6-7-21(13)17(23)24)9-4-2-1-3-5-9/h1-5,8,10,13H,6-7H2,(H,23,24)(H,19,20,22)/t10-,13?/m1/s1. The molecule has 3 heterocycles. The van der Waals surface area contributed by atoms with E-state index in [-0.39, 0.29) is 11.5 Å². The van der Waals surface area contributed by atoms with E-state index < -0.39 is 12.1 Å². The number of rotatable bonds is 2. The van der Waals surface area contributed by atoms with E-state index in [4.69, 9.17) is 0 Å². The molecule has 1 saturated heterocycles. The van der Waals surface area contributed by atoms with Crippen molar-refractivity contribution in [2.45, 2.75) is 18.4 Å². The number of fused-ring (bicyclic) bond motifs is 1. The number of benzene rings is 1. The third-order valence-corrected chi connectivity index (χ3v) is 6.15. The van der Waals surface area contributed by atoms with Crippen molar-refractivity contribution in [1.82, 2.24) is 14.9 Å². The Morgan fingerprint density at radius 2 is 2.12 bits per heavy atom. The van der Waals surface area contributed by atoms with Gasteiger partial charge in [-0.2, -0.15) is 0 Å². The highest BCUT2D eigenvalue weighted by Crippen LogP contribution is 2.42. The maximum atomic E-state index is 12.4. The highest BCUT2D eigenvalue weighted by molar-refractivity contribution is 9.11. The van der Waals surface area contributed by atoms with E-state index in [1.54, 1.807) is 6.07 Å². The molecule has 0 saturated carbocycles. The summed E-state index contributed by atoms with van der Waals surface area (Å²) in [6, 6.07) is 11.1. The van der Waals surface area contributed by atoms with Gasteiger partial charge in [0.1, 0.15) is 16.6 Å². The lowest BCUT2D eigenvalue weighted by Gasteiger charge is -2.25. The molecular formula is C17H14BrN3O3S. The van der Waals surface area contributed by atoms with E-state index in [0.717, 1.165) is 9.35 Å². The smallest absolute Gasteiger partial charge is 0.407 e. The third kappa shape index (κ3) is 2.85. The van der Waals surface area contributed by atoms with Crippen molar-refractivity contribution in [3.8, 4) is 0 Å². The number of carbonyl (C=O) groups is 1. The van der Waals surface area contributed by atoms with Gasteiger partial charge in [0.15, 0.2) is 0 Å². The van der Waals surface area contributed by atoms with Crippen LogP contribution in [-0.4, -0.2) is 32.6 Å². The average molecular weight is 420 g/mol. The number of amides is 1. The molecular weight excluding hydrogens is 406 g/mol. The molecule has 0 spiro atoms. The summed E-state index contributed by atoms with van der Waals surface area (Å²) < 4.78 is 1.35. The largest absolute Gasteiger partial charge is 0.465 e. The summed E-state index contributed by atoms with van der Waals surface area (Å²) in [6.07, 6.45) is -0.312. The van der Waals surface area contributed by atoms with E-state index in [9.17, 15) is 14.7 Å². The van der Waals surface area contributed by atoms with Crippen LogP contribution in [0, 0.1) is 0 Å². The maximum Gasteiger partial charge on any atom is 0.407 e. The number of likely N-dealkylation sites (tertiary alicyclic amines) is 1. The molecule has 0 aliphatic carbocycles. The van der Waals surface area contributed by atoms with Crippen LogP contribution in [-0.2, 0) is 0 Å². The Hall–Kier alpha value is -2.19. The molecule has 128 valence electrons. The minimum atomic E-state index is -1.00. The molecule has 2 N–H and O–H groups in total. The molecule has 8 heteroatoms. The molecule has 1 aliphatic rings. The molecule has 1 fully saturated rings. The van der Waals surface area contributed by atoms with Gasteiger partial charge in [0.2, 0.25) is 0 Å². The Labute approximate surface area is 155 Å². The Morgan fingerprint density at radius 3 is 2.84 bits per heavy atom. The Bertz CT molecular complexity index is 1000. The molecule has 0 bridgehead atoms. The number of hydrogen-bond donors (Lipinski definition) is 2. The van der Waals surface area contributed by atoms with E-state index in [0.29, 0.717) is 29.0 Å². The van der Waals surface area contributed by atoms with Crippen LogP contribution in [0.15, 0.2) is 45.0 Å². The highest BCUT2D eigenvalue weighted by Gasteiger charge is 2.40. The Morgan fingerprint density at radius 1 is 1.36 bits per heavy atom. The molecule has 3 aromatic rings. The molecule has 1 amide bonds. The zero-order chi connectivity index (χ0) is 17.6. The monoisotopic (exact) mass is 419 g/mol. The van der Waals surface area contributed by atoms with E-state index >= 15 is 0 Å². The van der Waals surface area contributed by atoms with Crippen molar-refractivity contribution in [3.05, 3.63) is 61.9 Å². The number of halogens is 1. The van der Waals surface area contributed by atoms with Gasteiger partial charge in [-0.3, -0.25) is 9.69 Å². The first-order valence-corrected chi connectivity index (χ1v) is 9.39. The summed E-state index contributed by atoms with van der Waals surface area (Å²) in [4.78, 5) is 32.9. The summed E-state index contributed by atoms with van der Waals surface area (Å²) in [7, 11) is 0. The van der Waals surface area contributed by atoms with Crippen LogP contribution in [0.1, 0.15) is 29.8 Å². The highest BCUT2D eigenvalue weighted by atomic mass is 79.9. The summed E-state index contributed by atoms with van der Waals surface area (Å²) in [5.74, 6) is 0.358. The fraction of sp³-hybridized carbons (Fsp3) is 0.235. The van der Waals surface area contributed by atoms with Gasteiger partial charge in [0.25, 0.3) is 5.56 Å². The van der Waals surface area contributed by atoms with Crippen molar-refractivity contribution in [2.75, 3.05) is 6.54 Å². The Kier molecular flexibility index (Phi) is 4.09. The zero-order valence-electron chi connectivity index (χ0n) is 13.0. The quantitative estimate of drug-likeness (QED) is 0.657. The molecule has 2 aromatic heterocycles. The number of H-pyrrole nitrogens is 1. The number of carboxylic acid groups (broad SMARTS) is 1. The van der Waals surface area contributed by atoms with Crippen LogP contribution < -0.4 is 5.56 Å². The van der Waals surface area contributed by atoms with Gasteiger partial charge in [0.05, 0.1) is 9.30 Å². The second-order valence-electron chi connectivity index (χ2n) is 5.94. The molecule has 1 aliphatic heterocycles. The topological polar surface area (TPSA) is 86.3 Å². The summed E-state index contributed by atoms with van der Waals surface area (Å²) in [5.41, 5.74) is 1.39.